The molecule has 1 fully saturated rings. The zero-order valence-corrected chi connectivity index (χ0v) is 23.3. The van der Waals surface area contributed by atoms with Crippen LogP contribution < -0.4 is 20.1 Å². The van der Waals surface area contributed by atoms with Gasteiger partial charge in [0.1, 0.15) is 18.8 Å². The summed E-state index contributed by atoms with van der Waals surface area (Å²) in [5.41, 5.74) is 3.12. The van der Waals surface area contributed by atoms with E-state index in [1.165, 1.54) is 13.2 Å². The van der Waals surface area contributed by atoms with Crippen LogP contribution >= 0.6 is 11.6 Å². The predicted octanol–water partition coefficient (Wildman–Crippen LogP) is 6.17. The molecule has 2 N–H and O–H groups in total. The maximum absolute atomic E-state index is 13.0. The van der Waals surface area contributed by atoms with Gasteiger partial charge in [-0.3, -0.25) is 9.59 Å². The lowest BCUT2D eigenvalue weighted by molar-refractivity contribution is -0.127. The van der Waals surface area contributed by atoms with E-state index in [-0.39, 0.29) is 17.3 Å². The molecular weight excluding hydrogens is 542 g/mol. The van der Waals surface area contributed by atoms with Crippen molar-refractivity contribution in [1.82, 2.24) is 10.2 Å². The van der Waals surface area contributed by atoms with Crippen molar-refractivity contribution >= 4 is 52.0 Å². The highest BCUT2D eigenvalue weighted by Gasteiger charge is 2.35. The number of hydrogen-bond donors (Lipinski definition) is 2. The second-order valence-electron chi connectivity index (χ2n) is 9.40. The number of methoxy groups -OCH3 is 1. The van der Waals surface area contributed by atoms with Crippen molar-refractivity contribution in [3.05, 3.63) is 106 Å². The van der Waals surface area contributed by atoms with E-state index in [4.69, 9.17) is 21.1 Å². The van der Waals surface area contributed by atoms with Crippen LogP contribution in [0.15, 0.2) is 84.6 Å². The zero-order valence-electron chi connectivity index (χ0n) is 22.6. The topological polar surface area (TPSA) is 97.0 Å². The van der Waals surface area contributed by atoms with Crippen molar-refractivity contribution in [2.45, 2.75) is 20.0 Å². The first-order chi connectivity index (χ1) is 19.9. The molecule has 4 aromatic rings. The summed E-state index contributed by atoms with van der Waals surface area (Å²) in [5.74, 6) is -0.378. The molecule has 0 unspecified atom stereocenters. The van der Waals surface area contributed by atoms with Crippen molar-refractivity contribution < 1.29 is 23.9 Å². The first kappa shape index (κ1) is 27.7. The third-order valence-electron chi connectivity index (χ3n) is 6.75. The second-order valence-corrected chi connectivity index (χ2v) is 9.81. The van der Waals surface area contributed by atoms with Gasteiger partial charge in [0, 0.05) is 5.69 Å². The number of fused-ring (bicyclic) bond motifs is 1. The Bertz CT molecular complexity index is 1680. The summed E-state index contributed by atoms with van der Waals surface area (Å²) in [7, 11) is 1.49. The summed E-state index contributed by atoms with van der Waals surface area (Å²) in [6.07, 6.45) is 2.21. The van der Waals surface area contributed by atoms with Crippen LogP contribution in [0, 0.1) is 0 Å². The van der Waals surface area contributed by atoms with Crippen LogP contribution in [0.5, 0.6) is 11.5 Å². The third-order valence-corrected chi connectivity index (χ3v) is 7.03. The molecule has 0 saturated carbocycles. The smallest absolute Gasteiger partial charge is 0.329 e. The van der Waals surface area contributed by atoms with Gasteiger partial charge in [0.25, 0.3) is 5.91 Å². The number of rotatable bonds is 9. The fourth-order valence-electron chi connectivity index (χ4n) is 4.70. The van der Waals surface area contributed by atoms with E-state index in [0.29, 0.717) is 22.7 Å². The molecular formula is C32H28ClN3O5. The highest BCUT2D eigenvalue weighted by atomic mass is 35.5. The standard InChI is InChI=1S/C32H28ClN3O5/c1-3-21-9-5-7-14-26(21)34-29(37)18-36-31(38)27(35-32(36)39)16-20-15-25(33)30(28(17-20)40-2)41-19-23-12-8-11-22-10-4-6-13-24(22)23/h4-17H,3,18-19H2,1-2H3,(H,34,37)(H,35,39)/b27-16+. The Morgan fingerprint density at radius 2 is 1.73 bits per heavy atom. The SMILES string of the molecule is CCc1ccccc1NC(=O)CN1C(=O)N/C(=C/c2cc(Cl)c(OCc3cccc4ccccc34)c(OC)c2)C1=O. The number of aryl methyl sites for hydroxylation is 1. The van der Waals surface area contributed by atoms with Gasteiger partial charge in [0.05, 0.1) is 12.1 Å². The van der Waals surface area contributed by atoms with Gasteiger partial charge in [0.15, 0.2) is 11.5 Å². The van der Waals surface area contributed by atoms with Crippen LogP contribution in [-0.4, -0.2) is 36.4 Å². The number of carbonyl (C=O) groups is 3. The van der Waals surface area contributed by atoms with Gasteiger partial charge < -0.3 is 20.1 Å². The Labute approximate surface area is 242 Å². The molecule has 0 aromatic heterocycles. The number of amides is 4. The highest BCUT2D eigenvalue weighted by molar-refractivity contribution is 6.32. The minimum absolute atomic E-state index is 0.0132. The number of anilines is 1. The normalized spacial score (nSPS) is 13.9. The summed E-state index contributed by atoms with van der Waals surface area (Å²) >= 11 is 6.58. The van der Waals surface area contributed by atoms with Crippen molar-refractivity contribution in [2.24, 2.45) is 0 Å². The summed E-state index contributed by atoms with van der Waals surface area (Å²) in [4.78, 5) is 39.1. The summed E-state index contributed by atoms with van der Waals surface area (Å²) < 4.78 is 11.6. The summed E-state index contributed by atoms with van der Waals surface area (Å²) in [6.45, 7) is 1.82. The number of para-hydroxylation sites is 1. The van der Waals surface area contributed by atoms with Crippen molar-refractivity contribution in [1.29, 1.82) is 0 Å². The van der Waals surface area contributed by atoms with E-state index in [1.54, 1.807) is 18.2 Å². The van der Waals surface area contributed by atoms with Crippen LogP contribution in [0.4, 0.5) is 10.5 Å². The Kier molecular flexibility index (Phi) is 8.21. The summed E-state index contributed by atoms with van der Waals surface area (Å²) in [6, 6.07) is 24.0. The van der Waals surface area contributed by atoms with Gasteiger partial charge in [-0.1, -0.05) is 79.2 Å². The molecule has 1 aliphatic rings. The first-order valence-electron chi connectivity index (χ1n) is 13.1. The molecule has 4 aromatic carbocycles. The van der Waals surface area contributed by atoms with E-state index in [0.717, 1.165) is 33.2 Å². The van der Waals surface area contributed by atoms with Gasteiger partial charge in [-0.2, -0.15) is 0 Å². The van der Waals surface area contributed by atoms with E-state index < -0.39 is 24.4 Å². The van der Waals surface area contributed by atoms with Gasteiger partial charge in [-0.05, 0) is 58.2 Å². The number of benzene rings is 4. The van der Waals surface area contributed by atoms with Gasteiger partial charge in [-0.25, -0.2) is 9.69 Å². The molecule has 1 heterocycles. The Hall–Kier alpha value is -4.82. The fourth-order valence-corrected chi connectivity index (χ4v) is 4.97. The molecule has 41 heavy (non-hydrogen) atoms. The molecule has 1 aliphatic heterocycles. The molecule has 9 heteroatoms. The highest BCUT2D eigenvalue weighted by Crippen LogP contribution is 2.38. The monoisotopic (exact) mass is 569 g/mol. The number of halogens is 1. The fraction of sp³-hybridized carbons (Fsp3) is 0.156. The van der Waals surface area contributed by atoms with E-state index in [9.17, 15) is 14.4 Å². The molecule has 0 bridgehead atoms. The Morgan fingerprint density at radius 3 is 2.54 bits per heavy atom. The molecule has 0 aliphatic carbocycles. The average molecular weight is 570 g/mol. The maximum atomic E-state index is 13.0. The van der Waals surface area contributed by atoms with Gasteiger partial charge >= 0.3 is 6.03 Å². The van der Waals surface area contributed by atoms with Crippen molar-refractivity contribution in [3.8, 4) is 11.5 Å². The zero-order chi connectivity index (χ0) is 28.9. The largest absolute Gasteiger partial charge is 0.493 e. The second kappa shape index (κ2) is 12.1. The number of carbonyl (C=O) groups excluding carboxylic acids is 3. The van der Waals surface area contributed by atoms with E-state index in [1.807, 2.05) is 67.6 Å². The van der Waals surface area contributed by atoms with Crippen molar-refractivity contribution in [3.63, 3.8) is 0 Å². The van der Waals surface area contributed by atoms with Crippen LogP contribution in [-0.2, 0) is 22.6 Å². The molecule has 4 amide bonds. The van der Waals surface area contributed by atoms with Crippen LogP contribution in [0.3, 0.4) is 0 Å². The van der Waals surface area contributed by atoms with Crippen LogP contribution in [0.25, 0.3) is 16.8 Å². The van der Waals surface area contributed by atoms with Gasteiger partial charge in [0.2, 0.25) is 5.91 Å². The Morgan fingerprint density at radius 1 is 1.00 bits per heavy atom. The minimum Gasteiger partial charge on any atom is -0.493 e. The van der Waals surface area contributed by atoms with Gasteiger partial charge in [-0.15, -0.1) is 0 Å². The molecule has 5 rings (SSSR count). The number of nitrogens with one attached hydrogen (secondary N) is 2. The summed E-state index contributed by atoms with van der Waals surface area (Å²) in [5, 5.41) is 7.77. The lowest BCUT2D eigenvalue weighted by Crippen LogP contribution is -2.38. The molecule has 0 radical (unpaired) electrons. The Balaban J connectivity index is 1.30. The predicted molar refractivity (Wildman–Crippen MR) is 159 cm³/mol. The number of urea groups is 1. The molecule has 0 spiro atoms. The number of nitrogens with zero attached hydrogens (tertiary/aromatic N) is 1. The number of ether oxygens (including phenoxy) is 2. The maximum Gasteiger partial charge on any atom is 0.329 e. The van der Waals surface area contributed by atoms with Crippen molar-refractivity contribution in [2.75, 3.05) is 19.0 Å². The molecule has 208 valence electrons. The average Bonchev–Trinajstić information content (AvgIpc) is 3.23. The number of imide groups is 1. The third kappa shape index (κ3) is 6.02. The quantitative estimate of drug-likeness (QED) is 0.185. The van der Waals surface area contributed by atoms with Crippen LogP contribution in [0.1, 0.15) is 23.6 Å². The number of hydrogen-bond acceptors (Lipinski definition) is 5. The van der Waals surface area contributed by atoms with Crippen LogP contribution in [0.2, 0.25) is 5.02 Å². The minimum atomic E-state index is -0.687. The molecule has 8 nitrogen and oxygen atoms in total. The van der Waals surface area contributed by atoms with E-state index in [2.05, 4.69) is 10.6 Å². The first-order valence-corrected chi connectivity index (χ1v) is 13.4. The molecule has 1 saturated heterocycles. The lowest BCUT2D eigenvalue weighted by Gasteiger charge is -2.15. The molecule has 0 atom stereocenters. The van der Waals surface area contributed by atoms with E-state index >= 15 is 0 Å². The lowest BCUT2D eigenvalue weighted by atomic mass is 10.1.